The Morgan fingerprint density at radius 1 is 1.40 bits per heavy atom. The van der Waals surface area contributed by atoms with Crippen LogP contribution in [-0.2, 0) is 11.3 Å². The third-order valence-electron chi connectivity index (χ3n) is 2.35. The molecule has 1 aromatic heterocycles. The van der Waals surface area contributed by atoms with Crippen LogP contribution in [0.4, 0.5) is 0 Å². The molecule has 4 nitrogen and oxygen atoms in total. The van der Waals surface area contributed by atoms with Gasteiger partial charge in [0.1, 0.15) is 6.54 Å². The van der Waals surface area contributed by atoms with E-state index < -0.39 is 0 Å². The molecule has 0 aliphatic rings. The predicted octanol–water partition coefficient (Wildman–Crippen LogP) is 0.715. The van der Waals surface area contributed by atoms with E-state index in [-0.39, 0.29) is 23.9 Å². The van der Waals surface area contributed by atoms with Gasteiger partial charge in [-0.15, -0.1) is 0 Å². The van der Waals surface area contributed by atoms with Crippen molar-refractivity contribution in [1.82, 2.24) is 9.47 Å². The molecule has 0 saturated carbocycles. The molecule has 1 amide bonds. The van der Waals surface area contributed by atoms with Crippen LogP contribution in [0.3, 0.4) is 0 Å². The lowest BCUT2D eigenvalue weighted by atomic mass is 10.3. The van der Waals surface area contributed by atoms with Crippen molar-refractivity contribution < 1.29 is 4.79 Å². The molecule has 15 heavy (non-hydrogen) atoms. The maximum absolute atomic E-state index is 11.7. The highest BCUT2D eigenvalue weighted by Crippen LogP contribution is 1.96. The summed E-state index contributed by atoms with van der Waals surface area (Å²) in [5.74, 6) is 0.0358. The number of rotatable bonds is 3. The molecule has 0 aliphatic heterocycles. The second-order valence-electron chi connectivity index (χ2n) is 3.80. The van der Waals surface area contributed by atoms with E-state index in [9.17, 15) is 9.59 Å². The van der Waals surface area contributed by atoms with E-state index >= 15 is 0 Å². The summed E-state index contributed by atoms with van der Waals surface area (Å²) in [4.78, 5) is 24.2. The van der Waals surface area contributed by atoms with Gasteiger partial charge in [0.15, 0.2) is 5.43 Å². The van der Waals surface area contributed by atoms with Gasteiger partial charge in [0, 0.05) is 37.6 Å². The number of pyridine rings is 1. The molecule has 0 fully saturated rings. The highest BCUT2D eigenvalue weighted by atomic mass is 16.2. The first-order chi connectivity index (χ1) is 7.00. The third kappa shape index (κ3) is 3.23. The average Bonchev–Trinajstić information content (AvgIpc) is 2.20. The molecule has 0 bridgehead atoms. The fraction of sp³-hybridized carbons (Fsp3) is 0.455. The molecule has 0 aliphatic carbocycles. The van der Waals surface area contributed by atoms with Gasteiger partial charge in [-0.3, -0.25) is 9.59 Å². The fourth-order valence-corrected chi connectivity index (χ4v) is 1.10. The SMILES string of the molecule is CC(C)N(C)C(=O)Cn1ccc(=O)cc1. The lowest BCUT2D eigenvalue weighted by Gasteiger charge is -2.21. The summed E-state index contributed by atoms with van der Waals surface area (Å²) in [5.41, 5.74) is -0.0455. The Kier molecular flexibility index (Phi) is 3.66. The van der Waals surface area contributed by atoms with Crippen molar-refractivity contribution in [1.29, 1.82) is 0 Å². The summed E-state index contributed by atoms with van der Waals surface area (Å²) in [5, 5.41) is 0. The summed E-state index contributed by atoms with van der Waals surface area (Å²) >= 11 is 0. The Balaban J connectivity index is 2.66. The largest absolute Gasteiger partial charge is 0.345 e. The van der Waals surface area contributed by atoms with Crippen molar-refractivity contribution in [3.05, 3.63) is 34.7 Å². The summed E-state index contributed by atoms with van der Waals surface area (Å²) in [6.45, 7) is 4.20. The van der Waals surface area contributed by atoms with Gasteiger partial charge in [0.25, 0.3) is 0 Å². The molecule has 1 aromatic rings. The summed E-state index contributed by atoms with van der Waals surface area (Å²) in [7, 11) is 1.77. The third-order valence-corrected chi connectivity index (χ3v) is 2.35. The van der Waals surface area contributed by atoms with Gasteiger partial charge in [0.2, 0.25) is 5.91 Å². The van der Waals surface area contributed by atoms with E-state index in [4.69, 9.17) is 0 Å². The molecule has 0 spiro atoms. The second-order valence-corrected chi connectivity index (χ2v) is 3.80. The number of likely N-dealkylation sites (N-methyl/N-ethyl adjacent to an activating group) is 1. The van der Waals surface area contributed by atoms with Gasteiger partial charge in [-0.1, -0.05) is 0 Å². The molecular formula is C11H16N2O2. The maximum atomic E-state index is 11.7. The maximum Gasteiger partial charge on any atom is 0.242 e. The first-order valence-electron chi connectivity index (χ1n) is 4.92. The zero-order valence-corrected chi connectivity index (χ0v) is 9.30. The van der Waals surface area contributed by atoms with Crippen LogP contribution in [0.15, 0.2) is 29.3 Å². The van der Waals surface area contributed by atoms with Crippen molar-refractivity contribution in [2.24, 2.45) is 0 Å². The van der Waals surface area contributed by atoms with Crippen LogP contribution in [0.1, 0.15) is 13.8 Å². The minimum Gasteiger partial charge on any atom is -0.345 e. The van der Waals surface area contributed by atoms with Crippen LogP contribution in [0.2, 0.25) is 0 Å². The van der Waals surface area contributed by atoms with E-state index in [2.05, 4.69) is 0 Å². The van der Waals surface area contributed by atoms with E-state index in [1.54, 1.807) is 28.9 Å². The molecule has 0 unspecified atom stereocenters. The van der Waals surface area contributed by atoms with E-state index in [1.807, 2.05) is 13.8 Å². The van der Waals surface area contributed by atoms with E-state index in [1.165, 1.54) is 12.1 Å². The van der Waals surface area contributed by atoms with E-state index in [0.29, 0.717) is 0 Å². The average molecular weight is 208 g/mol. The first kappa shape index (κ1) is 11.5. The topological polar surface area (TPSA) is 42.3 Å². The number of nitrogens with zero attached hydrogens (tertiary/aromatic N) is 2. The van der Waals surface area contributed by atoms with Gasteiger partial charge >= 0.3 is 0 Å². The normalized spacial score (nSPS) is 10.4. The van der Waals surface area contributed by atoms with E-state index in [0.717, 1.165) is 0 Å². The van der Waals surface area contributed by atoms with Crippen LogP contribution in [0.25, 0.3) is 0 Å². The molecule has 0 atom stereocenters. The monoisotopic (exact) mass is 208 g/mol. The van der Waals surface area contributed by atoms with Gasteiger partial charge in [-0.25, -0.2) is 0 Å². The summed E-state index contributed by atoms with van der Waals surface area (Å²) in [6, 6.07) is 3.09. The number of carbonyl (C=O) groups excluding carboxylic acids is 1. The van der Waals surface area contributed by atoms with Crippen molar-refractivity contribution in [3.63, 3.8) is 0 Å². The lowest BCUT2D eigenvalue weighted by molar-refractivity contribution is -0.132. The fourth-order valence-electron chi connectivity index (χ4n) is 1.10. The van der Waals surface area contributed by atoms with Crippen molar-refractivity contribution in [3.8, 4) is 0 Å². The Labute approximate surface area is 89.1 Å². The lowest BCUT2D eigenvalue weighted by Crippen LogP contribution is -2.35. The van der Waals surface area contributed by atoms with Crippen LogP contribution in [0, 0.1) is 0 Å². The number of carbonyl (C=O) groups is 1. The van der Waals surface area contributed by atoms with Crippen molar-refractivity contribution in [2.45, 2.75) is 26.4 Å². The van der Waals surface area contributed by atoms with Gasteiger partial charge < -0.3 is 9.47 Å². The van der Waals surface area contributed by atoms with Crippen LogP contribution in [-0.4, -0.2) is 28.5 Å². The zero-order valence-electron chi connectivity index (χ0n) is 9.30. The minimum absolute atomic E-state index is 0.0358. The number of hydrogen-bond donors (Lipinski definition) is 0. The molecule has 0 saturated heterocycles. The molecule has 1 heterocycles. The van der Waals surface area contributed by atoms with Gasteiger partial charge in [0.05, 0.1) is 0 Å². The Morgan fingerprint density at radius 3 is 2.40 bits per heavy atom. The summed E-state index contributed by atoms with van der Waals surface area (Å²) < 4.78 is 1.70. The van der Waals surface area contributed by atoms with Gasteiger partial charge in [-0.05, 0) is 13.8 Å². The molecule has 0 N–H and O–H groups in total. The second kappa shape index (κ2) is 4.77. The number of hydrogen-bond acceptors (Lipinski definition) is 2. The first-order valence-corrected chi connectivity index (χ1v) is 4.92. The van der Waals surface area contributed by atoms with Gasteiger partial charge in [-0.2, -0.15) is 0 Å². The molecule has 82 valence electrons. The van der Waals surface area contributed by atoms with Crippen LogP contribution >= 0.6 is 0 Å². The number of aromatic nitrogens is 1. The van der Waals surface area contributed by atoms with Crippen LogP contribution < -0.4 is 5.43 Å². The highest BCUT2D eigenvalue weighted by Gasteiger charge is 2.11. The van der Waals surface area contributed by atoms with Crippen molar-refractivity contribution in [2.75, 3.05) is 7.05 Å². The highest BCUT2D eigenvalue weighted by molar-refractivity contribution is 5.75. The molecule has 1 rings (SSSR count). The molecular weight excluding hydrogens is 192 g/mol. The molecule has 0 aromatic carbocycles. The van der Waals surface area contributed by atoms with Crippen LogP contribution in [0.5, 0.6) is 0 Å². The quantitative estimate of drug-likeness (QED) is 0.734. The smallest absolute Gasteiger partial charge is 0.242 e. The minimum atomic E-state index is -0.0455. The zero-order chi connectivity index (χ0) is 11.4. The molecule has 0 radical (unpaired) electrons. The Morgan fingerprint density at radius 2 is 1.93 bits per heavy atom. The Bertz CT molecular complexity index is 375. The number of amides is 1. The Hall–Kier alpha value is -1.58. The molecule has 4 heteroatoms. The summed E-state index contributed by atoms with van der Waals surface area (Å²) in [6.07, 6.45) is 3.24. The predicted molar refractivity (Wildman–Crippen MR) is 58.6 cm³/mol. The standard InChI is InChI=1S/C11H16N2O2/c1-9(2)12(3)11(15)8-13-6-4-10(14)5-7-13/h4-7,9H,8H2,1-3H3. The van der Waals surface area contributed by atoms with Crippen molar-refractivity contribution >= 4 is 5.91 Å².